The molecule has 3 nitrogen and oxygen atoms in total. The van der Waals surface area contributed by atoms with E-state index in [9.17, 15) is 18.7 Å². The standard InChI is InChI=1S/C16H12F2O3/c1-21-16-7-3-10(8-15(16)20)2-6-14(19)12-9-11(17)4-5-13(12)18/h2-9,20H,1H3/b6-2+. The van der Waals surface area contributed by atoms with Gasteiger partial charge < -0.3 is 9.84 Å². The summed E-state index contributed by atoms with van der Waals surface area (Å²) in [5.74, 6) is -1.92. The predicted octanol–water partition coefficient (Wildman–Crippen LogP) is 3.58. The highest BCUT2D eigenvalue weighted by atomic mass is 19.1. The maximum absolute atomic E-state index is 13.4. The summed E-state index contributed by atoms with van der Waals surface area (Å²) in [6.07, 6.45) is 2.50. The van der Waals surface area contributed by atoms with Gasteiger partial charge in [-0.2, -0.15) is 0 Å². The number of phenols is 1. The number of ether oxygens (including phenoxy) is 1. The molecule has 2 aromatic rings. The number of rotatable bonds is 4. The third-order valence-corrected chi connectivity index (χ3v) is 2.82. The smallest absolute Gasteiger partial charge is 0.188 e. The molecule has 0 bridgehead atoms. The zero-order valence-corrected chi connectivity index (χ0v) is 11.1. The molecule has 21 heavy (non-hydrogen) atoms. The van der Waals surface area contributed by atoms with Crippen molar-refractivity contribution in [3.63, 3.8) is 0 Å². The highest BCUT2D eigenvalue weighted by Crippen LogP contribution is 2.26. The molecular formula is C16H12F2O3. The quantitative estimate of drug-likeness (QED) is 0.691. The summed E-state index contributed by atoms with van der Waals surface area (Å²) >= 11 is 0. The van der Waals surface area contributed by atoms with E-state index in [0.29, 0.717) is 11.3 Å². The minimum Gasteiger partial charge on any atom is -0.504 e. The molecule has 0 aromatic heterocycles. The van der Waals surface area contributed by atoms with Crippen molar-refractivity contribution in [2.75, 3.05) is 7.11 Å². The van der Waals surface area contributed by atoms with E-state index in [1.165, 1.54) is 25.3 Å². The van der Waals surface area contributed by atoms with E-state index in [-0.39, 0.29) is 11.3 Å². The van der Waals surface area contributed by atoms with Gasteiger partial charge in [-0.25, -0.2) is 8.78 Å². The molecule has 0 unspecified atom stereocenters. The van der Waals surface area contributed by atoms with Gasteiger partial charge in [0.05, 0.1) is 12.7 Å². The zero-order valence-electron chi connectivity index (χ0n) is 11.1. The molecule has 0 aliphatic carbocycles. The van der Waals surface area contributed by atoms with E-state index < -0.39 is 17.4 Å². The van der Waals surface area contributed by atoms with E-state index in [4.69, 9.17) is 4.74 Å². The number of carbonyl (C=O) groups is 1. The van der Waals surface area contributed by atoms with Crippen LogP contribution in [0.4, 0.5) is 8.78 Å². The average molecular weight is 290 g/mol. The lowest BCUT2D eigenvalue weighted by molar-refractivity contribution is 0.104. The molecule has 0 heterocycles. The van der Waals surface area contributed by atoms with Crippen LogP contribution in [-0.2, 0) is 0 Å². The molecular weight excluding hydrogens is 278 g/mol. The molecule has 0 aliphatic heterocycles. The van der Waals surface area contributed by atoms with Crippen LogP contribution in [0.25, 0.3) is 6.08 Å². The summed E-state index contributed by atoms with van der Waals surface area (Å²) in [7, 11) is 1.42. The van der Waals surface area contributed by atoms with Crippen molar-refractivity contribution in [2.45, 2.75) is 0 Å². The fourth-order valence-corrected chi connectivity index (χ4v) is 1.76. The molecule has 0 fully saturated rings. The first-order chi connectivity index (χ1) is 10.0. The van der Waals surface area contributed by atoms with Gasteiger partial charge in [-0.1, -0.05) is 12.1 Å². The topological polar surface area (TPSA) is 46.5 Å². The molecule has 2 rings (SSSR count). The van der Waals surface area contributed by atoms with Crippen LogP contribution in [0.3, 0.4) is 0 Å². The predicted molar refractivity (Wildman–Crippen MR) is 74.4 cm³/mol. The number of carbonyl (C=O) groups excluding carboxylic acids is 1. The number of ketones is 1. The van der Waals surface area contributed by atoms with Crippen LogP contribution in [0.15, 0.2) is 42.5 Å². The molecule has 0 amide bonds. The molecule has 108 valence electrons. The summed E-state index contributed by atoms with van der Waals surface area (Å²) in [6, 6.07) is 7.22. The summed E-state index contributed by atoms with van der Waals surface area (Å²) in [4.78, 5) is 11.8. The Labute approximate surface area is 120 Å². The van der Waals surface area contributed by atoms with Crippen molar-refractivity contribution in [3.05, 3.63) is 65.2 Å². The number of benzene rings is 2. The van der Waals surface area contributed by atoms with Crippen molar-refractivity contribution in [1.29, 1.82) is 0 Å². The molecule has 0 saturated heterocycles. The fourth-order valence-electron chi connectivity index (χ4n) is 1.76. The largest absolute Gasteiger partial charge is 0.504 e. The monoisotopic (exact) mass is 290 g/mol. The Hall–Kier alpha value is -2.69. The number of halogens is 2. The van der Waals surface area contributed by atoms with Gasteiger partial charge in [0.2, 0.25) is 0 Å². The molecule has 0 radical (unpaired) electrons. The highest BCUT2D eigenvalue weighted by molar-refractivity contribution is 6.07. The lowest BCUT2D eigenvalue weighted by Gasteiger charge is -2.03. The third kappa shape index (κ3) is 3.45. The Morgan fingerprint density at radius 1 is 1.19 bits per heavy atom. The van der Waals surface area contributed by atoms with Crippen LogP contribution < -0.4 is 4.74 Å². The van der Waals surface area contributed by atoms with Crippen molar-refractivity contribution in [1.82, 2.24) is 0 Å². The normalized spacial score (nSPS) is 10.8. The maximum atomic E-state index is 13.4. The highest BCUT2D eigenvalue weighted by Gasteiger charge is 2.10. The number of hydrogen-bond donors (Lipinski definition) is 1. The van der Waals surface area contributed by atoms with Crippen LogP contribution >= 0.6 is 0 Å². The van der Waals surface area contributed by atoms with Crippen LogP contribution in [0, 0.1) is 11.6 Å². The zero-order chi connectivity index (χ0) is 15.4. The second kappa shape index (κ2) is 6.17. The second-order valence-electron chi connectivity index (χ2n) is 4.25. The third-order valence-electron chi connectivity index (χ3n) is 2.82. The van der Waals surface area contributed by atoms with Crippen LogP contribution in [-0.4, -0.2) is 18.0 Å². The van der Waals surface area contributed by atoms with Crippen molar-refractivity contribution in [3.8, 4) is 11.5 Å². The van der Waals surface area contributed by atoms with E-state index in [1.807, 2.05) is 0 Å². The summed E-state index contributed by atoms with van der Waals surface area (Å²) < 4.78 is 31.3. The fraction of sp³-hybridized carbons (Fsp3) is 0.0625. The van der Waals surface area contributed by atoms with Crippen LogP contribution in [0.2, 0.25) is 0 Å². The average Bonchev–Trinajstić information content (AvgIpc) is 2.47. The number of allylic oxidation sites excluding steroid dienone is 1. The van der Waals surface area contributed by atoms with E-state index in [0.717, 1.165) is 24.3 Å². The van der Waals surface area contributed by atoms with E-state index >= 15 is 0 Å². The van der Waals surface area contributed by atoms with Gasteiger partial charge in [-0.05, 0) is 42.0 Å². The Morgan fingerprint density at radius 2 is 1.95 bits per heavy atom. The van der Waals surface area contributed by atoms with Gasteiger partial charge in [0.25, 0.3) is 0 Å². The number of aromatic hydroxyl groups is 1. The number of methoxy groups -OCH3 is 1. The lowest BCUT2D eigenvalue weighted by Crippen LogP contribution is -1.99. The Bertz CT molecular complexity index is 709. The van der Waals surface area contributed by atoms with Crippen molar-refractivity contribution in [2.24, 2.45) is 0 Å². The van der Waals surface area contributed by atoms with Crippen LogP contribution in [0.5, 0.6) is 11.5 Å². The SMILES string of the molecule is COc1ccc(/C=C/C(=O)c2cc(F)ccc2F)cc1O. The lowest BCUT2D eigenvalue weighted by atomic mass is 10.1. The number of phenolic OH excluding ortho intramolecular Hbond substituents is 1. The second-order valence-corrected chi connectivity index (χ2v) is 4.25. The Kier molecular flexibility index (Phi) is 4.33. The summed E-state index contributed by atoms with van der Waals surface area (Å²) in [5, 5.41) is 9.60. The summed E-state index contributed by atoms with van der Waals surface area (Å²) in [5.41, 5.74) is 0.183. The van der Waals surface area contributed by atoms with Gasteiger partial charge in [0, 0.05) is 0 Å². The molecule has 0 atom stereocenters. The first-order valence-electron chi connectivity index (χ1n) is 6.05. The molecule has 0 saturated carbocycles. The van der Waals surface area contributed by atoms with Gasteiger partial charge in [-0.3, -0.25) is 4.79 Å². The first-order valence-corrected chi connectivity index (χ1v) is 6.05. The molecule has 0 aliphatic rings. The van der Waals surface area contributed by atoms with Crippen molar-refractivity contribution < 1.29 is 23.4 Å². The minimum absolute atomic E-state index is 0.0796. The number of hydrogen-bond acceptors (Lipinski definition) is 3. The Balaban J connectivity index is 2.22. The van der Waals surface area contributed by atoms with Gasteiger partial charge in [0.15, 0.2) is 17.3 Å². The van der Waals surface area contributed by atoms with Gasteiger partial charge >= 0.3 is 0 Å². The first kappa shape index (κ1) is 14.7. The van der Waals surface area contributed by atoms with E-state index in [1.54, 1.807) is 6.07 Å². The van der Waals surface area contributed by atoms with Crippen molar-refractivity contribution >= 4 is 11.9 Å². The molecule has 2 aromatic carbocycles. The van der Waals surface area contributed by atoms with Crippen LogP contribution in [0.1, 0.15) is 15.9 Å². The minimum atomic E-state index is -0.788. The Morgan fingerprint density at radius 3 is 2.62 bits per heavy atom. The molecule has 1 N–H and O–H groups in total. The van der Waals surface area contributed by atoms with E-state index in [2.05, 4.69) is 0 Å². The molecule has 5 heteroatoms. The summed E-state index contributed by atoms with van der Waals surface area (Å²) in [6.45, 7) is 0. The molecule has 0 spiro atoms. The van der Waals surface area contributed by atoms with Gasteiger partial charge in [-0.15, -0.1) is 0 Å². The van der Waals surface area contributed by atoms with Gasteiger partial charge in [0.1, 0.15) is 11.6 Å². The maximum Gasteiger partial charge on any atom is 0.188 e.